The summed E-state index contributed by atoms with van der Waals surface area (Å²) in [7, 11) is 0. The minimum atomic E-state index is -0.897. The lowest BCUT2D eigenvalue weighted by Gasteiger charge is -2.17. The van der Waals surface area contributed by atoms with E-state index in [1.807, 2.05) is 24.3 Å². The van der Waals surface area contributed by atoms with E-state index in [0.29, 0.717) is 17.5 Å². The number of ketones is 1. The van der Waals surface area contributed by atoms with Gasteiger partial charge in [0, 0.05) is 22.9 Å². The summed E-state index contributed by atoms with van der Waals surface area (Å²) in [5.41, 5.74) is 1.22. The first kappa shape index (κ1) is 16.4. The summed E-state index contributed by atoms with van der Waals surface area (Å²) in [6, 6.07) is 18.0. The average molecular weight is 361 g/mol. The van der Waals surface area contributed by atoms with Gasteiger partial charge in [-0.2, -0.15) is 0 Å². The second kappa shape index (κ2) is 8.49. The third-order valence-electron chi connectivity index (χ3n) is 3.16. The van der Waals surface area contributed by atoms with Crippen LogP contribution in [0.5, 0.6) is 0 Å². The van der Waals surface area contributed by atoms with Crippen LogP contribution in [0.2, 0.25) is 0 Å². The third kappa shape index (κ3) is 4.53. The van der Waals surface area contributed by atoms with Crippen molar-refractivity contribution in [3.8, 4) is 0 Å². The van der Waals surface area contributed by atoms with Crippen LogP contribution in [0.3, 0.4) is 0 Å². The molecule has 0 saturated carbocycles. The Balaban J connectivity index is 2.22. The van der Waals surface area contributed by atoms with Gasteiger partial charge >= 0.3 is 5.97 Å². The Morgan fingerprint density at radius 2 is 1.55 bits per heavy atom. The van der Waals surface area contributed by atoms with Crippen molar-refractivity contribution in [3.63, 3.8) is 0 Å². The quantitative estimate of drug-likeness (QED) is 0.419. The normalized spacial score (nSPS) is 11.7. The van der Waals surface area contributed by atoms with E-state index in [1.165, 1.54) is 0 Å². The first-order valence-electron chi connectivity index (χ1n) is 7.12. The SMILES string of the molecule is O=C(CCCBr)OC(C(=O)c1ccccc1)c1ccccc1. The summed E-state index contributed by atoms with van der Waals surface area (Å²) in [6.07, 6.45) is 0.0719. The maximum atomic E-state index is 12.7. The van der Waals surface area contributed by atoms with E-state index in [0.717, 1.165) is 5.33 Å². The Labute approximate surface area is 138 Å². The summed E-state index contributed by atoms with van der Waals surface area (Å²) in [4.78, 5) is 24.6. The average Bonchev–Trinajstić information content (AvgIpc) is 2.59. The van der Waals surface area contributed by atoms with Gasteiger partial charge < -0.3 is 4.74 Å². The van der Waals surface area contributed by atoms with Gasteiger partial charge in [-0.15, -0.1) is 0 Å². The zero-order valence-corrected chi connectivity index (χ0v) is 13.7. The van der Waals surface area contributed by atoms with E-state index in [2.05, 4.69) is 15.9 Å². The van der Waals surface area contributed by atoms with Gasteiger partial charge in [0.1, 0.15) is 0 Å². The number of rotatable bonds is 7. The van der Waals surface area contributed by atoms with Crippen molar-refractivity contribution in [3.05, 3.63) is 71.8 Å². The number of carbonyl (C=O) groups is 2. The number of halogens is 1. The molecule has 0 radical (unpaired) electrons. The van der Waals surface area contributed by atoms with E-state index in [-0.39, 0.29) is 18.2 Å². The molecule has 0 aliphatic heterocycles. The zero-order valence-electron chi connectivity index (χ0n) is 12.1. The Bertz CT molecular complexity index is 611. The first-order chi connectivity index (χ1) is 10.7. The van der Waals surface area contributed by atoms with Crippen molar-refractivity contribution in [2.45, 2.75) is 18.9 Å². The van der Waals surface area contributed by atoms with Crippen LogP contribution in [-0.2, 0) is 9.53 Å². The number of Topliss-reactive ketones (excluding diaryl/α,β-unsaturated/α-hetero) is 1. The number of carbonyl (C=O) groups excluding carboxylic acids is 2. The molecule has 114 valence electrons. The summed E-state index contributed by atoms with van der Waals surface area (Å²) >= 11 is 3.28. The van der Waals surface area contributed by atoms with Crippen LogP contribution in [0, 0.1) is 0 Å². The number of hydrogen-bond acceptors (Lipinski definition) is 3. The molecule has 0 N–H and O–H groups in total. The third-order valence-corrected chi connectivity index (χ3v) is 3.72. The van der Waals surface area contributed by atoms with Crippen molar-refractivity contribution in [1.29, 1.82) is 0 Å². The molecule has 1 unspecified atom stereocenters. The summed E-state index contributed by atoms with van der Waals surface area (Å²) < 4.78 is 5.45. The fourth-order valence-electron chi connectivity index (χ4n) is 2.06. The molecular formula is C18H17BrO3. The Kier molecular flexibility index (Phi) is 6.34. The molecule has 0 spiro atoms. The molecule has 2 aromatic rings. The van der Waals surface area contributed by atoms with Crippen LogP contribution in [-0.4, -0.2) is 17.1 Å². The van der Waals surface area contributed by atoms with Gasteiger partial charge in [-0.3, -0.25) is 9.59 Å². The van der Waals surface area contributed by atoms with Gasteiger partial charge in [-0.1, -0.05) is 76.6 Å². The molecular weight excluding hydrogens is 344 g/mol. The first-order valence-corrected chi connectivity index (χ1v) is 8.24. The molecule has 0 amide bonds. The number of benzene rings is 2. The van der Waals surface area contributed by atoms with Gasteiger partial charge in [0.05, 0.1) is 0 Å². The topological polar surface area (TPSA) is 43.4 Å². The highest BCUT2D eigenvalue weighted by molar-refractivity contribution is 9.09. The molecule has 3 nitrogen and oxygen atoms in total. The van der Waals surface area contributed by atoms with Crippen LogP contribution in [0.25, 0.3) is 0 Å². The van der Waals surface area contributed by atoms with Crippen molar-refractivity contribution >= 4 is 27.7 Å². The van der Waals surface area contributed by atoms with Crippen molar-refractivity contribution in [2.75, 3.05) is 5.33 Å². The van der Waals surface area contributed by atoms with Gasteiger partial charge in [-0.05, 0) is 6.42 Å². The fourth-order valence-corrected chi connectivity index (χ4v) is 2.34. The predicted octanol–water partition coefficient (Wildman–Crippen LogP) is 4.33. The maximum absolute atomic E-state index is 12.7. The molecule has 0 saturated heterocycles. The highest BCUT2D eigenvalue weighted by Gasteiger charge is 2.25. The van der Waals surface area contributed by atoms with Crippen LogP contribution < -0.4 is 0 Å². The number of alkyl halides is 1. The lowest BCUT2D eigenvalue weighted by atomic mass is 10.00. The molecule has 0 fully saturated rings. The van der Waals surface area contributed by atoms with Crippen LogP contribution in [0.4, 0.5) is 0 Å². The minimum absolute atomic E-state index is 0.209. The maximum Gasteiger partial charge on any atom is 0.306 e. The number of ether oxygens (including phenoxy) is 1. The van der Waals surface area contributed by atoms with Crippen LogP contribution in [0.1, 0.15) is 34.9 Å². The molecule has 0 aliphatic carbocycles. The Morgan fingerprint density at radius 3 is 2.14 bits per heavy atom. The number of esters is 1. The summed E-state index contributed by atoms with van der Waals surface area (Å²) in [5.74, 6) is -0.573. The van der Waals surface area contributed by atoms with E-state index in [1.54, 1.807) is 36.4 Å². The van der Waals surface area contributed by atoms with Crippen molar-refractivity contribution in [2.24, 2.45) is 0 Å². The lowest BCUT2D eigenvalue weighted by molar-refractivity contribution is -0.147. The van der Waals surface area contributed by atoms with Gasteiger partial charge in [-0.25, -0.2) is 0 Å². The van der Waals surface area contributed by atoms with E-state index in [4.69, 9.17) is 4.74 Å². The largest absolute Gasteiger partial charge is 0.449 e. The Morgan fingerprint density at radius 1 is 0.955 bits per heavy atom. The van der Waals surface area contributed by atoms with Gasteiger partial charge in [0.25, 0.3) is 0 Å². The fraction of sp³-hybridized carbons (Fsp3) is 0.222. The number of hydrogen-bond donors (Lipinski definition) is 0. The molecule has 1 atom stereocenters. The highest BCUT2D eigenvalue weighted by Crippen LogP contribution is 2.23. The van der Waals surface area contributed by atoms with Gasteiger partial charge in [0.2, 0.25) is 5.78 Å². The van der Waals surface area contributed by atoms with Crippen LogP contribution >= 0.6 is 15.9 Å². The second-order valence-electron chi connectivity index (χ2n) is 4.80. The lowest BCUT2D eigenvalue weighted by Crippen LogP contribution is -2.20. The molecule has 2 rings (SSSR count). The molecule has 2 aromatic carbocycles. The standard InChI is InChI=1S/C18H17BrO3/c19-13-7-12-16(20)22-18(15-10-5-2-6-11-15)17(21)14-8-3-1-4-9-14/h1-6,8-11,18H,7,12-13H2. The smallest absolute Gasteiger partial charge is 0.306 e. The van der Waals surface area contributed by atoms with Gasteiger partial charge in [0.15, 0.2) is 6.10 Å². The molecule has 0 heterocycles. The second-order valence-corrected chi connectivity index (χ2v) is 5.60. The minimum Gasteiger partial charge on any atom is -0.449 e. The van der Waals surface area contributed by atoms with E-state index in [9.17, 15) is 9.59 Å². The van der Waals surface area contributed by atoms with E-state index < -0.39 is 6.10 Å². The monoisotopic (exact) mass is 360 g/mol. The summed E-state index contributed by atoms with van der Waals surface area (Å²) in [5, 5.41) is 0.727. The van der Waals surface area contributed by atoms with Crippen molar-refractivity contribution in [1.82, 2.24) is 0 Å². The Hall–Kier alpha value is -1.94. The molecule has 4 heteroatoms. The molecule has 0 aromatic heterocycles. The molecule has 0 aliphatic rings. The molecule has 22 heavy (non-hydrogen) atoms. The van der Waals surface area contributed by atoms with Crippen LogP contribution in [0.15, 0.2) is 60.7 Å². The highest BCUT2D eigenvalue weighted by atomic mass is 79.9. The van der Waals surface area contributed by atoms with Crippen molar-refractivity contribution < 1.29 is 14.3 Å². The summed E-state index contributed by atoms with van der Waals surface area (Å²) in [6.45, 7) is 0. The van der Waals surface area contributed by atoms with E-state index >= 15 is 0 Å². The molecule has 0 bridgehead atoms. The zero-order chi connectivity index (χ0) is 15.8. The predicted molar refractivity (Wildman–Crippen MR) is 89.1 cm³/mol.